The summed E-state index contributed by atoms with van der Waals surface area (Å²) in [5.41, 5.74) is 4.53. The Morgan fingerprint density at radius 3 is 2.88 bits per heavy atom. The van der Waals surface area contributed by atoms with Crippen LogP contribution in [0.1, 0.15) is 31.9 Å². The summed E-state index contributed by atoms with van der Waals surface area (Å²) < 4.78 is 0. The lowest BCUT2D eigenvalue weighted by molar-refractivity contribution is 0.429. The van der Waals surface area contributed by atoms with E-state index in [1.165, 1.54) is 23.2 Å². The number of nitrogens with one attached hydrogen (secondary N) is 2. The first-order chi connectivity index (χ1) is 7.56. The largest absolute Gasteiger partial charge is 0.384 e. The third-order valence-corrected chi connectivity index (χ3v) is 2.98. The highest BCUT2D eigenvalue weighted by Crippen LogP contribution is 2.26. The van der Waals surface area contributed by atoms with Crippen molar-refractivity contribution in [3.63, 3.8) is 0 Å². The number of hydrogen-bond donors (Lipinski definition) is 2. The zero-order chi connectivity index (χ0) is 11.6. The van der Waals surface area contributed by atoms with Gasteiger partial charge in [-0.05, 0) is 51.3 Å². The van der Waals surface area contributed by atoms with Gasteiger partial charge in [0.15, 0.2) is 0 Å². The molecule has 0 aromatic heterocycles. The molecular weight excluding hydrogens is 196 g/mol. The second kappa shape index (κ2) is 4.46. The molecule has 0 aliphatic carbocycles. The van der Waals surface area contributed by atoms with Crippen LogP contribution in [0.25, 0.3) is 0 Å². The summed E-state index contributed by atoms with van der Waals surface area (Å²) in [7, 11) is 0. The molecule has 2 rings (SSSR count). The summed E-state index contributed by atoms with van der Waals surface area (Å²) in [4.78, 5) is 0. The van der Waals surface area contributed by atoms with Gasteiger partial charge in [-0.25, -0.2) is 0 Å². The standard InChI is InChI=1S/C14H22N2/c1-14(2,3)16-10-8-12-6-4-5-11-7-9-15-13(11)12/h4-6,15-16H,7-10H2,1-3H3. The number of rotatable bonds is 3. The first-order valence-corrected chi connectivity index (χ1v) is 6.16. The molecule has 2 heteroatoms. The predicted molar refractivity (Wildman–Crippen MR) is 70.1 cm³/mol. The Balaban J connectivity index is 1.98. The van der Waals surface area contributed by atoms with Crippen LogP contribution in [0, 0.1) is 0 Å². The SMILES string of the molecule is CC(C)(C)NCCc1cccc2c1NCC2. The quantitative estimate of drug-likeness (QED) is 0.815. The van der Waals surface area contributed by atoms with Crippen molar-refractivity contribution < 1.29 is 0 Å². The van der Waals surface area contributed by atoms with E-state index in [-0.39, 0.29) is 5.54 Å². The van der Waals surface area contributed by atoms with Crippen molar-refractivity contribution >= 4 is 5.69 Å². The molecule has 0 radical (unpaired) electrons. The summed E-state index contributed by atoms with van der Waals surface area (Å²) in [5, 5.41) is 7.02. The highest BCUT2D eigenvalue weighted by atomic mass is 14.9. The average Bonchev–Trinajstić information content (AvgIpc) is 2.64. The molecule has 0 spiro atoms. The number of anilines is 1. The Morgan fingerprint density at radius 2 is 2.12 bits per heavy atom. The lowest BCUT2D eigenvalue weighted by Gasteiger charge is -2.21. The fraction of sp³-hybridized carbons (Fsp3) is 0.571. The van der Waals surface area contributed by atoms with Crippen LogP contribution in [-0.2, 0) is 12.8 Å². The molecule has 0 amide bonds. The zero-order valence-electron chi connectivity index (χ0n) is 10.6. The molecule has 0 saturated carbocycles. The van der Waals surface area contributed by atoms with Crippen LogP contribution in [0.2, 0.25) is 0 Å². The molecule has 1 aromatic carbocycles. The molecule has 2 nitrogen and oxygen atoms in total. The minimum Gasteiger partial charge on any atom is -0.384 e. The zero-order valence-corrected chi connectivity index (χ0v) is 10.6. The maximum atomic E-state index is 3.53. The van der Waals surface area contributed by atoms with Crippen molar-refractivity contribution in [1.29, 1.82) is 0 Å². The summed E-state index contributed by atoms with van der Waals surface area (Å²) in [6.07, 6.45) is 2.28. The molecule has 0 atom stereocenters. The van der Waals surface area contributed by atoms with E-state index in [9.17, 15) is 0 Å². The van der Waals surface area contributed by atoms with Crippen LogP contribution in [0.15, 0.2) is 18.2 Å². The Labute approximate surface area is 98.4 Å². The van der Waals surface area contributed by atoms with Crippen molar-refractivity contribution in [2.75, 3.05) is 18.4 Å². The Bertz CT molecular complexity index is 363. The average molecular weight is 218 g/mol. The minimum absolute atomic E-state index is 0.214. The van der Waals surface area contributed by atoms with Crippen LogP contribution in [0.5, 0.6) is 0 Å². The highest BCUT2D eigenvalue weighted by Gasteiger charge is 2.14. The van der Waals surface area contributed by atoms with Gasteiger partial charge in [0, 0.05) is 17.8 Å². The summed E-state index contributed by atoms with van der Waals surface area (Å²) >= 11 is 0. The summed E-state index contributed by atoms with van der Waals surface area (Å²) in [5.74, 6) is 0. The molecule has 88 valence electrons. The van der Waals surface area contributed by atoms with Gasteiger partial charge in [-0.3, -0.25) is 0 Å². The molecular formula is C14H22N2. The lowest BCUT2D eigenvalue weighted by Crippen LogP contribution is -2.37. The van der Waals surface area contributed by atoms with E-state index < -0.39 is 0 Å². The maximum absolute atomic E-state index is 3.53. The summed E-state index contributed by atoms with van der Waals surface area (Å²) in [6.45, 7) is 8.77. The van der Waals surface area contributed by atoms with Gasteiger partial charge in [-0.15, -0.1) is 0 Å². The first-order valence-electron chi connectivity index (χ1n) is 6.16. The predicted octanol–water partition coefficient (Wildman–Crippen LogP) is 2.59. The fourth-order valence-electron chi connectivity index (χ4n) is 2.19. The van der Waals surface area contributed by atoms with Crippen molar-refractivity contribution in [1.82, 2.24) is 5.32 Å². The van der Waals surface area contributed by atoms with E-state index in [1.54, 1.807) is 0 Å². The van der Waals surface area contributed by atoms with Gasteiger partial charge in [-0.2, -0.15) is 0 Å². The maximum Gasteiger partial charge on any atom is 0.0406 e. The number of para-hydroxylation sites is 1. The normalized spacial score (nSPS) is 14.7. The van der Waals surface area contributed by atoms with E-state index in [0.29, 0.717) is 0 Å². The van der Waals surface area contributed by atoms with Crippen LogP contribution in [0.4, 0.5) is 5.69 Å². The van der Waals surface area contributed by atoms with Crippen LogP contribution in [0.3, 0.4) is 0 Å². The third-order valence-electron chi connectivity index (χ3n) is 2.98. The number of benzene rings is 1. The molecule has 1 aliphatic rings. The highest BCUT2D eigenvalue weighted by molar-refractivity contribution is 5.61. The van der Waals surface area contributed by atoms with Gasteiger partial charge in [-0.1, -0.05) is 18.2 Å². The van der Waals surface area contributed by atoms with E-state index in [0.717, 1.165) is 19.5 Å². The molecule has 16 heavy (non-hydrogen) atoms. The van der Waals surface area contributed by atoms with Gasteiger partial charge in [0.2, 0.25) is 0 Å². The molecule has 1 aromatic rings. The van der Waals surface area contributed by atoms with Crippen molar-refractivity contribution in [2.24, 2.45) is 0 Å². The van der Waals surface area contributed by atoms with E-state index in [1.807, 2.05) is 0 Å². The Morgan fingerprint density at radius 1 is 1.31 bits per heavy atom. The smallest absolute Gasteiger partial charge is 0.0406 e. The topological polar surface area (TPSA) is 24.1 Å². The fourth-order valence-corrected chi connectivity index (χ4v) is 2.19. The van der Waals surface area contributed by atoms with Gasteiger partial charge in [0.05, 0.1) is 0 Å². The minimum atomic E-state index is 0.214. The number of hydrogen-bond acceptors (Lipinski definition) is 2. The Kier molecular flexibility index (Phi) is 3.20. The second-order valence-corrected chi connectivity index (χ2v) is 5.55. The van der Waals surface area contributed by atoms with Crippen molar-refractivity contribution in [2.45, 2.75) is 39.2 Å². The van der Waals surface area contributed by atoms with Gasteiger partial charge in [0.25, 0.3) is 0 Å². The molecule has 0 fully saturated rings. The molecule has 2 N–H and O–H groups in total. The molecule has 0 saturated heterocycles. The van der Waals surface area contributed by atoms with Gasteiger partial charge < -0.3 is 10.6 Å². The van der Waals surface area contributed by atoms with Crippen LogP contribution >= 0.6 is 0 Å². The van der Waals surface area contributed by atoms with E-state index in [2.05, 4.69) is 49.6 Å². The van der Waals surface area contributed by atoms with E-state index >= 15 is 0 Å². The molecule has 1 heterocycles. The lowest BCUT2D eigenvalue weighted by atomic mass is 10.0. The van der Waals surface area contributed by atoms with Crippen molar-refractivity contribution in [3.8, 4) is 0 Å². The summed E-state index contributed by atoms with van der Waals surface area (Å²) in [6, 6.07) is 6.65. The molecule has 1 aliphatic heterocycles. The molecule has 0 unspecified atom stereocenters. The number of fused-ring (bicyclic) bond motifs is 1. The van der Waals surface area contributed by atoms with Crippen molar-refractivity contribution in [3.05, 3.63) is 29.3 Å². The Hall–Kier alpha value is -1.02. The second-order valence-electron chi connectivity index (χ2n) is 5.55. The van der Waals surface area contributed by atoms with Crippen LogP contribution < -0.4 is 10.6 Å². The van der Waals surface area contributed by atoms with E-state index in [4.69, 9.17) is 0 Å². The molecule has 0 bridgehead atoms. The third kappa shape index (κ3) is 2.76. The van der Waals surface area contributed by atoms with Gasteiger partial charge in [0.1, 0.15) is 0 Å². The van der Waals surface area contributed by atoms with Gasteiger partial charge >= 0.3 is 0 Å². The first kappa shape index (κ1) is 11.5. The monoisotopic (exact) mass is 218 g/mol. The van der Waals surface area contributed by atoms with Crippen LogP contribution in [-0.4, -0.2) is 18.6 Å².